The van der Waals surface area contributed by atoms with Crippen LogP contribution in [0.5, 0.6) is 0 Å². The maximum absolute atomic E-state index is 12.1. The van der Waals surface area contributed by atoms with Crippen molar-refractivity contribution in [3.63, 3.8) is 0 Å². The molecule has 0 spiro atoms. The van der Waals surface area contributed by atoms with Crippen molar-refractivity contribution in [1.29, 1.82) is 0 Å². The zero-order chi connectivity index (χ0) is 9.02. The van der Waals surface area contributed by atoms with Crippen molar-refractivity contribution in [3.05, 3.63) is 12.4 Å². The Morgan fingerprint density at radius 3 is 2.18 bits per heavy atom. The normalized spacial score (nSPS) is 12.8. The van der Waals surface area contributed by atoms with Gasteiger partial charge in [-0.3, -0.25) is 4.79 Å². The van der Waals surface area contributed by atoms with E-state index in [0.717, 1.165) is 0 Å². The fourth-order valence-corrected chi connectivity index (χ4v) is 0.452. The van der Waals surface area contributed by atoms with Crippen LogP contribution in [0.3, 0.4) is 0 Å². The minimum absolute atomic E-state index is 0.0185. The van der Waals surface area contributed by atoms with E-state index in [0.29, 0.717) is 5.92 Å². The van der Waals surface area contributed by atoms with Gasteiger partial charge in [-0.15, -0.1) is 0 Å². The highest BCUT2D eigenvalue weighted by Crippen LogP contribution is 2.01. The standard InChI is InChI=1S/C8H14FNO/c1-5(2)7(4)10-8(11)6(3)9/h5,7H,3H2,1-2,4H3,(H,10,11)/t7-/m0/s1. The summed E-state index contributed by atoms with van der Waals surface area (Å²) in [6, 6.07) is -0.0185. The van der Waals surface area contributed by atoms with Crippen molar-refractivity contribution in [3.8, 4) is 0 Å². The van der Waals surface area contributed by atoms with Gasteiger partial charge in [0, 0.05) is 6.04 Å². The highest BCUT2D eigenvalue weighted by molar-refractivity contribution is 5.90. The monoisotopic (exact) mass is 159 g/mol. The van der Waals surface area contributed by atoms with Gasteiger partial charge in [0.05, 0.1) is 0 Å². The first-order chi connectivity index (χ1) is 4.95. The van der Waals surface area contributed by atoms with Gasteiger partial charge < -0.3 is 5.32 Å². The van der Waals surface area contributed by atoms with Crippen LogP contribution in [0.2, 0.25) is 0 Å². The lowest BCUT2D eigenvalue weighted by Crippen LogP contribution is -2.36. The summed E-state index contributed by atoms with van der Waals surface area (Å²) in [5.74, 6) is -1.35. The Labute approximate surface area is 66.5 Å². The number of nitrogens with one attached hydrogen (secondary N) is 1. The first-order valence-corrected chi connectivity index (χ1v) is 3.60. The van der Waals surface area contributed by atoms with Gasteiger partial charge in [-0.1, -0.05) is 20.4 Å². The Hall–Kier alpha value is -0.860. The average Bonchev–Trinajstić information content (AvgIpc) is 1.87. The molecule has 0 saturated carbocycles. The summed E-state index contributed by atoms with van der Waals surface area (Å²) in [5, 5.41) is 2.47. The molecule has 0 aliphatic carbocycles. The third kappa shape index (κ3) is 3.75. The van der Waals surface area contributed by atoms with E-state index in [1.807, 2.05) is 20.8 Å². The molecule has 0 rings (SSSR count). The minimum atomic E-state index is -0.933. The first-order valence-electron chi connectivity index (χ1n) is 3.60. The maximum Gasteiger partial charge on any atom is 0.279 e. The Balaban J connectivity index is 3.85. The van der Waals surface area contributed by atoms with Crippen LogP contribution in [0.1, 0.15) is 20.8 Å². The highest BCUT2D eigenvalue weighted by Gasteiger charge is 2.12. The zero-order valence-electron chi connectivity index (χ0n) is 7.15. The van der Waals surface area contributed by atoms with E-state index >= 15 is 0 Å². The summed E-state index contributed by atoms with van der Waals surface area (Å²) >= 11 is 0. The number of hydrogen-bond donors (Lipinski definition) is 1. The molecule has 0 aromatic carbocycles. The van der Waals surface area contributed by atoms with Crippen molar-refractivity contribution in [1.82, 2.24) is 5.32 Å². The summed E-state index contributed by atoms with van der Waals surface area (Å²) in [5.41, 5.74) is 0. The number of rotatable bonds is 3. The van der Waals surface area contributed by atoms with Crippen molar-refractivity contribution in [2.24, 2.45) is 5.92 Å². The highest BCUT2D eigenvalue weighted by atomic mass is 19.1. The van der Waals surface area contributed by atoms with E-state index in [4.69, 9.17) is 0 Å². The molecule has 64 valence electrons. The van der Waals surface area contributed by atoms with Crippen molar-refractivity contribution < 1.29 is 9.18 Å². The third-order valence-corrected chi connectivity index (χ3v) is 1.61. The summed E-state index contributed by atoms with van der Waals surface area (Å²) in [4.78, 5) is 10.7. The van der Waals surface area contributed by atoms with Crippen molar-refractivity contribution in [2.45, 2.75) is 26.8 Å². The van der Waals surface area contributed by atoms with Crippen molar-refractivity contribution >= 4 is 5.91 Å². The second-order valence-electron chi connectivity index (χ2n) is 2.91. The largest absolute Gasteiger partial charge is 0.347 e. The number of hydrogen-bond acceptors (Lipinski definition) is 1. The van der Waals surface area contributed by atoms with Crippen molar-refractivity contribution in [2.75, 3.05) is 0 Å². The van der Waals surface area contributed by atoms with Gasteiger partial charge in [0.15, 0.2) is 5.83 Å². The van der Waals surface area contributed by atoms with Gasteiger partial charge in [0.1, 0.15) is 0 Å². The first kappa shape index (κ1) is 10.1. The summed E-state index contributed by atoms with van der Waals surface area (Å²) < 4.78 is 12.1. The Morgan fingerprint density at radius 2 is 1.91 bits per heavy atom. The van der Waals surface area contributed by atoms with Gasteiger partial charge in [-0.2, -0.15) is 0 Å². The molecule has 0 saturated heterocycles. The molecule has 0 aromatic rings. The Bertz CT molecular complexity index is 165. The van der Waals surface area contributed by atoms with E-state index in [2.05, 4.69) is 11.9 Å². The predicted octanol–water partition coefficient (Wildman–Crippen LogP) is 1.63. The fourth-order valence-electron chi connectivity index (χ4n) is 0.452. The van der Waals surface area contributed by atoms with Gasteiger partial charge in [0.2, 0.25) is 0 Å². The molecule has 11 heavy (non-hydrogen) atoms. The summed E-state index contributed by atoms with van der Waals surface area (Å²) in [6.07, 6.45) is 0. The molecular formula is C8H14FNO. The van der Waals surface area contributed by atoms with Gasteiger partial charge >= 0.3 is 0 Å². The molecule has 0 bridgehead atoms. The number of amides is 1. The number of carbonyl (C=O) groups is 1. The van der Waals surface area contributed by atoms with Crippen LogP contribution in [0.25, 0.3) is 0 Å². The smallest absolute Gasteiger partial charge is 0.279 e. The summed E-state index contributed by atoms with van der Waals surface area (Å²) in [6.45, 7) is 8.61. The molecule has 3 heteroatoms. The van der Waals surface area contributed by atoms with Crippen LogP contribution in [0.15, 0.2) is 12.4 Å². The molecule has 0 aliphatic heterocycles. The number of carbonyl (C=O) groups excluding carboxylic acids is 1. The Kier molecular flexibility index (Phi) is 3.79. The van der Waals surface area contributed by atoms with E-state index < -0.39 is 11.7 Å². The molecule has 0 fully saturated rings. The van der Waals surface area contributed by atoms with Crippen LogP contribution >= 0.6 is 0 Å². The maximum atomic E-state index is 12.1. The topological polar surface area (TPSA) is 29.1 Å². The third-order valence-electron chi connectivity index (χ3n) is 1.61. The lowest BCUT2D eigenvalue weighted by atomic mass is 10.1. The van der Waals surface area contributed by atoms with Gasteiger partial charge in [-0.25, -0.2) is 4.39 Å². The van der Waals surface area contributed by atoms with E-state index in [9.17, 15) is 9.18 Å². The molecule has 0 radical (unpaired) electrons. The second kappa shape index (κ2) is 4.11. The Morgan fingerprint density at radius 1 is 1.45 bits per heavy atom. The van der Waals surface area contributed by atoms with Crippen LogP contribution in [-0.4, -0.2) is 11.9 Å². The van der Waals surface area contributed by atoms with E-state index in [1.54, 1.807) is 0 Å². The molecule has 0 unspecified atom stereocenters. The van der Waals surface area contributed by atoms with Gasteiger partial charge in [0.25, 0.3) is 5.91 Å². The minimum Gasteiger partial charge on any atom is -0.347 e. The lowest BCUT2D eigenvalue weighted by Gasteiger charge is -2.16. The van der Waals surface area contributed by atoms with Crippen LogP contribution < -0.4 is 5.32 Å². The van der Waals surface area contributed by atoms with E-state index in [-0.39, 0.29) is 6.04 Å². The molecule has 1 N–H and O–H groups in total. The molecule has 1 amide bonds. The molecule has 1 atom stereocenters. The molecule has 0 aliphatic rings. The van der Waals surface area contributed by atoms with Crippen LogP contribution in [-0.2, 0) is 4.79 Å². The number of halogens is 1. The summed E-state index contributed by atoms with van der Waals surface area (Å²) in [7, 11) is 0. The molecular weight excluding hydrogens is 145 g/mol. The lowest BCUT2D eigenvalue weighted by molar-refractivity contribution is -0.119. The van der Waals surface area contributed by atoms with E-state index in [1.165, 1.54) is 0 Å². The SMILES string of the molecule is C=C(F)C(=O)N[C@@H](C)C(C)C. The van der Waals surface area contributed by atoms with Crippen LogP contribution in [0.4, 0.5) is 4.39 Å². The quantitative estimate of drug-likeness (QED) is 0.623. The zero-order valence-corrected chi connectivity index (χ0v) is 7.15. The second-order valence-corrected chi connectivity index (χ2v) is 2.91. The average molecular weight is 159 g/mol. The van der Waals surface area contributed by atoms with Crippen LogP contribution in [0, 0.1) is 5.92 Å². The predicted molar refractivity (Wildman–Crippen MR) is 42.7 cm³/mol. The molecule has 2 nitrogen and oxygen atoms in total. The molecule has 0 aromatic heterocycles. The fraction of sp³-hybridized carbons (Fsp3) is 0.625. The molecule has 0 heterocycles. The van der Waals surface area contributed by atoms with Gasteiger partial charge in [-0.05, 0) is 12.8 Å².